The molecule has 0 aliphatic heterocycles. The number of sulfonamides is 1. The summed E-state index contributed by atoms with van der Waals surface area (Å²) in [6.07, 6.45) is 1.54. The van der Waals surface area contributed by atoms with Gasteiger partial charge in [-0.3, -0.25) is 4.72 Å². The average molecular weight is 353 g/mol. The summed E-state index contributed by atoms with van der Waals surface area (Å²) < 4.78 is 28.8. The van der Waals surface area contributed by atoms with Gasteiger partial charge in [0.2, 0.25) is 0 Å². The fraction of sp³-hybridized carbons (Fsp3) is 0.238. The van der Waals surface area contributed by atoms with Gasteiger partial charge in [0, 0.05) is 5.69 Å². The molecule has 3 rings (SSSR count). The number of rotatable bonds is 5. The first kappa shape index (κ1) is 17.5. The summed E-state index contributed by atoms with van der Waals surface area (Å²) >= 11 is 0. The van der Waals surface area contributed by atoms with Crippen molar-refractivity contribution in [3.8, 4) is 0 Å². The van der Waals surface area contributed by atoms with Crippen molar-refractivity contribution >= 4 is 26.5 Å². The van der Waals surface area contributed by atoms with Gasteiger partial charge in [0.15, 0.2) is 0 Å². The van der Waals surface area contributed by atoms with Crippen LogP contribution in [0.1, 0.15) is 30.5 Å². The van der Waals surface area contributed by atoms with Crippen molar-refractivity contribution in [2.24, 2.45) is 0 Å². The van der Waals surface area contributed by atoms with E-state index in [1.807, 2.05) is 50.2 Å². The maximum Gasteiger partial charge on any atom is 0.262 e. The van der Waals surface area contributed by atoms with Crippen molar-refractivity contribution in [3.63, 3.8) is 0 Å². The van der Waals surface area contributed by atoms with E-state index in [0.29, 0.717) is 17.0 Å². The Hall–Kier alpha value is -2.33. The predicted octanol–water partition coefficient (Wildman–Crippen LogP) is 5.07. The largest absolute Gasteiger partial charge is 0.280 e. The van der Waals surface area contributed by atoms with Crippen molar-refractivity contribution < 1.29 is 8.42 Å². The van der Waals surface area contributed by atoms with E-state index in [0.717, 1.165) is 28.3 Å². The summed E-state index contributed by atoms with van der Waals surface area (Å²) in [5, 5.41) is 2.16. The Morgan fingerprint density at radius 2 is 1.68 bits per heavy atom. The smallest absolute Gasteiger partial charge is 0.262 e. The summed E-state index contributed by atoms with van der Waals surface area (Å²) in [7, 11) is -3.64. The van der Waals surface area contributed by atoms with Gasteiger partial charge in [0.1, 0.15) is 0 Å². The van der Waals surface area contributed by atoms with Crippen LogP contribution in [0.25, 0.3) is 10.8 Å². The number of fused-ring (bicyclic) bond motifs is 1. The fourth-order valence-electron chi connectivity index (χ4n) is 3.33. The molecule has 4 heteroatoms. The van der Waals surface area contributed by atoms with E-state index in [2.05, 4.69) is 17.7 Å². The normalized spacial score (nSPS) is 11.6. The molecular weight excluding hydrogens is 330 g/mol. The molecular formula is C21H23NO2S. The maximum atomic E-state index is 13.0. The minimum Gasteiger partial charge on any atom is -0.280 e. The maximum absolute atomic E-state index is 13.0. The van der Waals surface area contributed by atoms with Gasteiger partial charge in [-0.05, 0) is 65.4 Å². The Kier molecular flexibility index (Phi) is 4.82. The number of hydrogen-bond acceptors (Lipinski definition) is 2. The van der Waals surface area contributed by atoms with Gasteiger partial charge in [-0.15, -0.1) is 0 Å². The molecule has 0 heterocycles. The molecule has 130 valence electrons. The zero-order valence-electron chi connectivity index (χ0n) is 14.8. The highest BCUT2D eigenvalue weighted by molar-refractivity contribution is 7.92. The Labute approximate surface area is 149 Å². The van der Waals surface area contributed by atoms with Crippen LogP contribution in [0.4, 0.5) is 5.69 Å². The third-order valence-corrected chi connectivity index (χ3v) is 5.96. The van der Waals surface area contributed by atoms with E-state index in [4.69, 9.17) is 0 Å². The van der Waals surface area contributed by atoms with Crippen molar-refractivity contribution in [1.82, 2.24) is 0 Å². The molecule has 0 unspecified atom stereocenters. The molecule has 3 aromatic carbocycles. The lowest BCUT2D eigenvalue weighted by atomic mass is 9.96. The van der Waals surface area contributed by atoms with Crippen LogP contribution in [0, 0.1) is 6.92 Å². The molecule has 0 fully saturated rings. The Morgan fingerprint density at radius 3 is 2.36 bits per heavy atom. The lowest BCUT2D eigenvalue weighted by Crippen LogP contribution is -2.15. The molecule has 0 aromatic heterocycles. The first-order valence-corrected chi connectivity index (χ1v) is 10.1. The van der Waals surface area contributed by atoms with Gasteiger partial charge in [0.05, 0.1) is 4.90 Å². The Balaban J connectivity index is 2.17. The van der Waals surface area contributed by atoms with Gasteiger partial charge >= 0.3 is 0 Å². The van der Waals surface area contributed by atoms with Crippen LogP contribution < -0.4 is 4.72 Å². The van der Waals surface area contributed by atoms with Crippen LogP contribution in [0.3, 0.4) is 0 Å². The van der Waals surface area contributed by atoms with Crippen LogP contribution >= 0.6 is 0 Å². The minimum absolute atomic E-state index is 0.366. The summed E-state index contributed by atoms with van der Waals surface area (Å²) in [5.41, 5.74) is 3.67. The van der Waals surface area contributed by atoms with Crippen LogP contribution in [-0.2, 0) is 22.9 Å². The fourth-order valence-corrected chi connectivity index (χ4v) is 4.70. The molecule has 0 amide bonds. The van der Waals surface area contributed by atoms with E-state index in [1.54, 1.807) is 12.1 Å². The van der Waals surface area contributed by atoms with Gasteiger partial charge in [0.25, 0.3) is 10.0 Å². The average Bonchev–Trinajstić information content (AvgIpc) is 2.59. The molecule has 25 heavy (non-hydrogen) atoms. The number of anilines is 1. The van der Waals surface area contributed by atoms with Gasteiger partial charge in [-0.1, -0.05) is 50.2 Å². The molecule has 0 radical (unpaired) electrons. The lowest BCUT2D eigenvalue weighted by Gasteiger charge is -2.16. The highest BCUT2D eigenvalue weighted by Crippen LogP contribution is 2.30. The zero-order valence-corrected chi connectivity index (χ0v) is 15.7. The zero-order chi connectivity index (χ0) is 18.0. The van der Waals surface area contributed by atoms with Gasteiger partial charge < -0.3 is 0 Å². The third-order valence-electron chi connectivity index (χ3n) is 4.49. The molecule has 0 aliphatic carbocycles. The van der Waals surface area contributed by atoms with E-state index in [1.165, 1.54) is 5.56 Å². The lowest BCUT2D eigenvalue weighted by molar-refractivity contribution is 0.600. The SMILES string of the molecule is CCc1cccc2ccc(S(=O)(=O)Nc3cccc(C)c3)c(CC)c12. The van der Waals surface area contributed by atoms with Crippen LogP contribution in [0.2, 0.25) is 0 Å². The molecule has 3 nitrogen and oxygen atoms in total. The predicted molar refractivity (Wildman–Crippen MR) is 105 cm³/mol. The molecule has 0 saturated heterocycles. The minimum atomic E-state index is -3.64. The quantitative estimate of drug-likeness (QED) is 0.696. The van der Waals surface area contributed by atoms with Crippen molar-refractivity contribution in [3.05, 3.63) is 71.3 Å². The summed E-state index contributed by atoms with van der Waals surface area (Å²) in [6.45, 7) is 6.05. The second-order valence-corrected chi connectivity index (χ2v) is 7.89. The summed E-state index contributed by atoms with van der Waals surface area (Å²) in [4.78, 5) is 0.366. The molecule has 0 atom stereocenters. The van der Waals surface area contributed by atoms with Crippen molar-refractivity contribution in [2.75, 3.05) is 4.72 Å². The highest BCUT2D eigenvalue weighted by atomic mass is 32.2. The second kappa shape index (κ2) is 6.89. The topological polar surface area (TPSA) is 46.2 Å². The van der Waals surface area contributed by atoms with E-state index >= 15 is 0 Å². The van der Waals surface area contributed by atoms with E-state index in [-0.39, 0.29) is 0 Å². The standard InChI is InChI=1S/C21H23NO2S/c1-4-16-9-7-10-17-12-13-20(19(5-2)21(16)17)25(23,24)22-18-11-6-8-15(3)14-18/h6-14,22H,4-5H2,1-3H3. The highest BCUT2D eigenvalue weighted by Gasteiger charge is 2.20. The number of benzene rings is 3. The molecule has 1 N–H and O–H groups in total. The monoisotopic (exact) mass is 353 g/mol. The first-order valence-electron chi connectivity index (χ1n) is 8.59. The van der Waals surface area contributed by atoms with Crippen LogP contribution in [0.5, 0.6) is 0 Å². The molecule has 0 aliphatic rings. The van der Waals surface area contributed by atoms with Gasteiger partial charge in [-0.2, -0.15) is 0 Å². The first-order chi connectivity index (χ1) is 12.0. The van der Waals surface area contributed by atoms with Gasteiger partial charge in [-0.25, -0.2) is 8.42 Å². The van der Waals surface area contributed by atoms with E-state index < -0.39 is 10.0 Å². The van der Waals surface area contributed by atoms with Crippen molar-refractivity contribution in [1.29, 1.82) is 0 Å². The van der Waals surface area contributed by atoms with Crippen molar-refractivity contribution in [2.45, 2.75) is 38.5 Å². The number of aryl methyl sites for hydroxylation is 3. The number of hydrogen-bond donors (Lipinski definition) is 1. The third kappa shape index (κ3) is 3.40. The molecule has 0 spiro atoms. The Bertz CT molecular complexity index is 1020. The summed E-state index contributed by atoms with van der Waals surface area (Å²) in [6, 6.07) is 17.2. The molecule has 3 aromatic rings. The molecule has 0 saturated carbocycles. The Morgan fingerprint density at radius 1 is 0.920 bits per heavy atom. The second-order valence-electron chi connectivity index (χ2n) is 6.24. The van der Waals surface area contributed by atoms with Crippen LogP contribution in [-0.4, -0.2) is 8.42 Å². The number of nitrogens with one attached hydrogen (secondary N) is 1. The van der Waals surface area contributed by atoms with Crippen LogP contribution in [0.15, 0.2) is 59.5 Å². The van der Waals surface area contributed by atoms with E-state index in [9.17, 15) is 8.42 Å². The summed E-state index contributed by atoms with van der Waals surface area (Å²) in [5.74, 6) is 0. The molecule has 0 bridgehead atoms.